The molecule has 0 aromatic rings. The average molecular weight is 267 g/mol. The Bertz CT molecular complexity index is 294. The molecule has 0 bridgehead atoms. The minimum atomic E-state index is -0.283. The molecule has 4 nitrogen and oxygen atoms in total. The Morgan fingerprint density at radius 2 is 1.89 bits per heavy atom. The maximum Gasteiger partial charge on any atom is 0.227 e. The van der Waals surface area contributed by atoms with E-state index in [1.807, 2.05) is 0 Å². The molecule has 2 fully saturated rings. The van der Waals surface area contributed by atoms with Gasteiger partial charge in [0.05, 0.1) is 5.41 Å². The van der Waals surface area contributed by atoms with Gasteiger partial charge in [0.15, 0.2) is 0 Å². The summed E-state index contributed by atoms with van der Waals surface area (Å²) in [6, 6.07) is 0.762. The number of nitrogens with zero attached hydrogens (tertiary/aromatic N) is 1. The summed E-state index contributed by atoms with van der Waals surface area (Å²) in [6.45, 7) is 2.21. The van der Waals surface area contributed by atoms with Crippen molar-refractivity contribution in [2.24, 2.45) is 11.1 Å². The van der Waals surface area contributed by atoms with Crippen LogP contribution in [0.3, 0.4) is 0 Å². The van der Waals surface area contributed by atoms with Crippen molar-refractivity contribution in [2.45, 2.75) is 57.4 Å². The highest BCUT2D eigenvalue weighted by Crippen LogP contribution is 2.34. The summed E-state index contributed by atoms with van der Waals surface area (Å²) in [6.07, 6.45) is 9.36. The van der Waals surface area contributed by atoms with Gasteiger partial charge in [0.25, 0.3) is 0 Å². The fraction of sp³-hybridized carbons (Fsp3) is 0.933. The molecule has 0 atom stereocenters. The molecule has 2 rings (SSSR count). The summed E-state index contributed by atoms with van der Waals surface area (Å²) in [7, 11) is 2.15. The molecule has 0 unspecified atom stereocenters. The summed E-state index contributed by atoms with van der Waals surface area (Å²) in [5.74, 6) is 0.195. The number of nitrogens with two attached hydrogens (primary N) is 1. The van der Waals surface area contributed by atoms with E-state index >= 15 is 0 Å². The van der Waals surface area contributed by atoms with E-state index in [-0.39, 0.29) is 11.3 Å². The van der Waals surface area contributed by atoms with Crippen LogP contribution in [0, 0.1) is 5.41 Å². The molecule has 0 saturated heterocycles. The zero-order valence-corrected chi connectivity index (χ0v) is 12.3. The summed E-state index contributed by atoms with van der Waals surface area (Å²) in [5.41, 5.74) is 5.64. The van der Waals surface area contributed by atoms with Crippen molar-refractivity contribution < 1.29 is 4.79 Å². The largest absolute Gasteiger partial charge is 0.354 e. The third-order valence-corrected chi connectivity index (χ3v) is 4.85. The predicted octanol–water partition coefficient (Wildman–Crippen LogP) is 1.50. The summed E-state index contributed by atoms with van der Waals surface area (Å²) >= 11 is 0. The lowest BCUT2D eigenvalue weighted by Crippen LogP contribution is -2.47. The van der Waals surface area contributed by atoms with Crippen molar-refractivity contribution in [3.63, 3.8) is 0 Å². The van der Waals surface area contributed by atoms with Gasteiger partial charge in [0.1, 0.15) is 0 Å². The maximum absolute atomic E-state index is 12.5. The second kappa shape index (κ2) is 6.71. The van der Waals surface area contributed by atoms with Crippen LogP contribution in [-0.4, -0.2) is 43.5 Å². The Kier molecular flexibility index (Phi) is 5.22. The topological polar surface area (TPSA) is 58.4 Å². The molecule has 0 heterocycles. The molecule has 19 heavy (non-hydrogen) atoms. The number of likely N-dealkylation sites (N-methyl/N-ethyl adjacent to an activating group) is 1. The lowest BCUT2D eigenvalue weighted by molar-refractivity contribution is -0.131. The third-order valence-electron chi connectivity index (χ3n) is 4.85. The van der Waals surface area contributed by atoms with Crippen LogP contribution in [0.15, 0.2) is 0 Å². The minimum absolute atomic E-state index is 0.195. The SMILES string of the molecule is CN(CCNC(=O)C1(CN)CCCCCC1)C1CC1. The molecule has 110 valence electrons. The Hall–Kier alpha value is -0.610. The molecular weight excluding hydrogens is 238 g/mol. The number of carbonyl (C=O) groups is 1. The number of nitrogens with one attached hydrogen (secondary N) is 1. The smallest absolute Gasteiger partial charge is 0.227 e. The molecule has 0 radical (unpaired) electrons. The van der Waals surface area contributed by atoms with Gasteiger partial charge in [0.2, 0.25) is 5.91 Å². The fourth-order valence-electron chi connectivity index (χ4n) is 3.16. The van der Waals surface area contributed by atoms with Gasteiger partial charge in [0, 0.05) is 25.7 Å². The molecular formula is C15H29N3O. The Labute approximate surface area is 117 Å². The van der Waals surface area contributed by atoms with Gasteiger partial charge in [-0.25, -0.2) is 0 Å². The van der Waals surface area contributed by atoms with Gasteiger partial charge in [-0.2, -0.15) is 0 Å². The Morgan fingerprint density at radius 1 is 1.26 bits per heavy atom. The quantitative estimate of drug-likeness (QED) is 0.717. The number of rotatable bonds is 6. The van der Waals surface area contributed by atoms with Crippen molar-refractivity contribution in [3.05, 3.63) is 0 Å². The number of carbonyl (C=O) groups excluding carboxylic acids is 1. The molecule has 4 heteroatoms. The Balaban J connectivity index is 1.78. The molecule has 0 aromatic carbocycles. The second-order valence-electron chi connectivity index (χ2n) is 6.37. The average Bonchev–Trinajstić information content (AvgIpc) is 3.25. The molecule has 2 aliphatic rings. The van der Waals surface area contributed by atoms with E-state index in [0.717, 1.165) is 44.8 Å². The zero-order valence-electron chi connectivity index (χ0n) is 12.3. The zero-order chi connectivity index (χ0) is 13.7. The van der Waals surface area contributed by atoms with Crippen LogP contribution in [0.2, 0.25) is 0 Å². The molecule has 2 aliphatic carbocycles. The first-order chi connectivity index (χ1) is 9.18. The molecule has 1 amide bonds. The van der Waals surface area contributed by atoms with Crippen molar-refractivity contribution in [2.75, 3.05) is 26.7 Å². The summed E-state index contributed by atoms with van der Waals surface area (Å²) in [4.78, 5) is 14.8. The third kappa shape index (κ3) is 3.93. The van der Waals surface area contributed by atoms with Crippen molar-refractivity contribution in [3.8, 4) is 0 Å². The Morgan fingerprint density at radius 3 is 2.42 bits per heavy atom. The van der Waals surface area contributed by atoms with E-state index in [4.69, 9.17) is 5.73 Å². The van der Waals surface area contributed by atoms with Crippen LogP contribution in [0.4, 0.5) is 0 Å². The van der Waals surface area contributed by atoms with E-state index in [2.05, 4.69) is 17.3 Å². The van der Waals surface area contributed by atoms with Crippen LogP contribution in [0.25, 0.3) is 0 Å². The number of amides is 1. The van der Waals surface area contributed by atoms with E-state index in [0.29, 0.717) is 6.54 Å². The van der Waals surface area contributed by atoms with Crippen LogP contribution >= 0.6 is 0 Å². The lowest BCUT2D eigenvalue weighted by atomic mass is 9.79. The first-order valence-corrected chi connectivity index (χ1v) is 7.86. The standard InChI is InChI=1S/C15H29N3O/c1-18(13-6-7-13)11-10-17-14(19)15(12-16)8-4-2-3-5-9-15/h13H,2-12,16H2,1H3,(H,17,19). The van der Waals surface area contributed by atoms with Crippen LogP contribution in [-0.2, 0) is 4.79 Å². The van der Waals surface area contributed by atoms with Crippen LogP contribution in [0.5, 0.6) is 0 Å². The molecule has 0 aromatic heterocycles. The monoisotopic (exact) mass is 267 g/mol. The van der Waals surface area contributed by atoms with E-state index in [1.165, 1.54) is 25.7 Å². The van der Waals surface area contributed by atoms with Gasteiger partial charge in [-0.3, -0.25) is 4.79 Å². The van der Waals surface area contributed by atoms with Gasteiger partial charge >= 0.3 is 0 Å². The van der Waals surface area contributed by atoms with E-state index in [1.54, 1.807) is 0 Å². The highest BCUT2D eigenvalue weighted by Gasteiger charge is 2.37. The predicted molar refractivity (Wildman–Crippen MR) is 77.9 cm³/mol. The van der Waals surface area contributed by atoms with Crippen LogP contribution < -0.4 is 11.1 Å². The minimum Gasteiger partial charge on any atom is -0.354 e. The van der Waals surface area contributed by atoms with Crippen LogP contribution in [0.1, 0.15) is 51.4 Å². The van der Waals surface area contributed by atoms with Gasteiger partial charge < -0.3 is 16.0 Å². The highest BCUT2D eigenvalue weighted by atomic mass is 16.2. The highest BCUT2D eigenvalue weighted by molar-refractivity contribution is 5.82. The number of hydrogen-bond donors (Lipinski definition) is 2. The molecule has 0 aliphatic heterocycles. The van der Waals surface area contributed by atoms with Crippen molar-refractivity contribution >= 4 is 5.91 Å². The fourth-order valence-corrected chi connectivity index (χ4v) is 3.16. The first kappa shape index (κ1) is 14.8. The second-order valence-corrected chi connectivity index (χ2v) is 6.37. The number of hydrogen-bond acceptors (Lipinski definition) is 3. The maximum atomic E-state index is 12.5. The molecule has 2 saturated carbocycles. The summed E-state index contributed by atoms with van der Waals surface area (Å²) in [5, 5.41) is 3.12. The van der Waals surface area contributed by atoms with E-state index < -0.39 is 0 Å². The van der Waals surface area contributed by atoms with Crippen molar-refractivity contribution in [1.29, 1.82) is 0 Å². The first-order valence-electron chi connectivity index (χ1n) is 7.86. The van der Waals surface area contributed by atoms with Gasteiger partial charge in [-0.15, -0.1) is 0 Å². The summed E-state index contributed by atoms with van der Waals surface area (Å²) < 4.78 is 0. The lowest BCUT2D eigenvalue weighted by Gasteiger charge is -2.30. The normalized spacial score (nSPS) is 23.1. The van der Waals surface area contributed by atoms with E-state index in [9.17, 15) is 4.79 Å². The van der Waals surface area contributed by atoms with Gasteiger partial charge in [-0.05, 0) is 32.7 Å². The van der Waals surface area contributed by atoms with Crippen molar-refractivity contribution in [1.82, 2.24) is 10.2 Å². The van der Waals surface area contributed by atoms with Gasteiger partial charge in [-0.1, -0.05) is 25.7 Å². The molecule has 0 spiro atoms. The molecule has 3 N–H and O–H groups in total.